The largest absolute Gasteiger partial charge is 0.395 e. The zero-order valence-corrected chi connectivity index (χ0v) is 12.4. The first-order valence-corrected chi connectivity index (χ1v) is 7.18. The molecule has 0 aliphatic carbocycles. The average molecular weight is 290 g/mol. The molecule has 2 N–H and O–H groups in total. The maximum atomic E-state index is 9.12. The van der Waals surface area contributed by atoms with Crippen LogP contribution in [0.3, 0.4) is 0 Å². The van der Waals surface area contributed by atoms with Crippen LogP contribution in [0.5, 0.6) is 0 Å². The highest BCUT2D eigenvalue weighted by molar-refractivity contribution is 8.00. The number of ether oxygens (including phenoxy) is 1. The number of aliphatic hydroxyl groups is 1. The molecule has 5 heteroatoms. The molecule has 3 nitrogen and oxygen atoms in total. The first-order chi connectivity index (χ1) is 8.67. The van der Waals surface area contributed by atoms with E-state index in [1.165, 1.54) is 5.56 Å². The van der Waals surface area contributed by atoms with Gasteiger partial charge < -0.3 is 15.2 Å². The third-order valence-corrected chi connectivity index (χ3v) is 3.83. The Hall–Kier alpha value is -0.260. The summed E-state index contributed by atoms with van der Waals surface area (Å²) in [5.74, 6) is 0. The van der Waals surface area contributed by atoms with Crippen molar-refractivity contribution in [3.05, 3.63) is 28.8 Å². The minimum Gasteiger partial charge on any atom is -0.395 e. The maximum absolute atomic E-state index is 9.12. The summed E-state index contributed by atoms with van der Waals surface area (Å²) in [5.41, 5.74) is 1.20. The minimum absolute atomic E-state index is 0.160. The number of rotatable bonds is 8. The summed E-state index contributed by atoms with van der Waals surface area (Å²) < 4.78 is 4.99. The van der Waals surface area contributed by atoms with Crippen molar-refractivity contribution < 1.29 is 9.84 Å². The molecule has 0 spiro atoms. The van der Waals surface area contributed by atoms with E-state index in [0.29, 0.717) is 6.61 Å². The van der Waals surface area contributed by atoms with Crippen LogP contribution in [0.15, 0.2) is 23.1 Å². The van der Waals surface area contributed by atoms with E-state index in [2.05, 4.69) is 5.32 Å². The second kappa shape index (κ2) is 8.77. The van der Waals surface area contributed by atoms with Gasteiger partial charge in [-0.05, 0) is 17.7 Å². The second-order valence-corrected chi connectivity index (χ2v) is 5.95. The Labute approximate surface area is 118 Å². The summed E-state index contributed by atoms with van der Waals surface area (Å²) in [5, 5.41) is 13.3. The molecule has 0 heterocycles. The summed E-state index contributed by atoms with van der Waals surface area (Å²) >= 11 is 7.65. The molecule has 0 aromatic heterocycles. The van der Waals surface area contributed by atoms with Crippen molar-refractivity contribution in [2.24, 2.45) is 0 Å². The molecule has 0 radical (unpaired) electrons. The third-order valence-electron chi connectivity index (χ3n) is 2.41. The molecule has 0 bridgehead atoms. The van der Waals surface area contributed by atoms with Gasteiger partial charge in [-0.1, -0.05) is 24.6 Å². The number of hydrogen-bond donors (Lipinski definition) is 2. The van der Waals surface area contributed by atoms with Crippen LogP contribution in [0, 0.1) is 0 Å². The molecule has 0 aliphatic rings. The summed E-state index contributed by atoms with van der Waals surface area (Å²) in [7, 11) is 1.69. The molecular weight excluding hydrogens is 270 g/mol. The van der Waals surface area contributed by atoms with Crippen LogP contribution >= 0.6 is 23.4 Å². The van der Waals surface area contributed by atoms with Crippen molar-refractivity contribution in [2.45, 2.75) is 23.6 Å². The first-order valence-electron chi connectivity index (χ1n) is 5.93. The van der Waals surface area contributed by atoms with Crippen LogP contribution in [-0.4, -0.2) is 37.2 Å². The first kappa shape index (κ1) is 15.8. The van der Waals surface area contributed by atoms with Gasteiger partial charge in [-0.2, -0.15) is 0 Å². The van der Waals surface area contributed by atoms with Crippen molar-refractivity contribution in [2.75, 3.05) is 26.9 Å². The third kappa shape index (κ3) is 5.59. The fraction of sp³-hybridized carbons (Fsp3) is 0.538. The Balaban J connectivity index is 2.64. The van der Waals surface area contributed by atoms with E-state index in [-0.39, 0.29) is 11.9 Å². The molecule has 1 aromatic rings. The lowest BCUT2D eigenvalue weighted by Crippen LogP contribution is -2.19. The standard InChI is InChI=1S/C13H20ClNO2S/c1-10(9-16)18-13-7-12(14)4-3-11(13)8-15-5-6-17-2/h3-4,7,10,15-16H,5-6,8-9H2,1-2H3. The fourth-order valence-corrected chi connectivity index (χ4v) is 2.67. The number of methoxy groups -OCH3 is 1. The molecule has 0 saturated carbocycles. The highest BCUT2D eigenvalue weighted by atomic mass is 35.5. The van der Waals surface area contributed by atoms with Gasteiger partial charge in [0, 0.05) is 35.4 Å². The molecule has 0 amide bonds. The van der Waals surface area contributed by atoms with Gasteiger partial charge >= 0.3 is 0 Å². The van der Waals surface area contributed by atoms with Crippen LogP contribution in [0.25, 0.3) is 0 Å². The normalized spacial score (nSPS) is 12.7. The molecule has 0 fully saturated rings. The molecule has 0 saturated heterocycles. The van der Waals surface area contributed by atoms with E-state index in [1.807, 2.05) is 25.1 Å². The minimum atomic E-state index is 0.160. The van der Waals surface area contributed by atoms with Crippen LogP contribution in [0.4, 0.5) is 0 Å². The smallest absolute Gasteiger partial charge is 0.0587 e. The zero-order chi connectivity index (χ0) is 13.4. The zero-order valence-electron chi connectivity index (χ0n) is 10.8. The Bertz CT molecular complexity index is 363. The lowest BCUT2D eigenvalue weighted by molar-refractivity contribution is 0.199. The Morgan fingerprint density at radius 2 is 2.28 bits per heavy atom. The van der Waals surface area contributed by atoms with Gasteiger partial charge in [0.05, 0.1) is 13.2 Å². The molecule has 1 unspecified atom stereocenters. The number of benzene rings is 1. The monoisotopic (exact) mass is 289 g/mol. The summed E-state index contributed by atoms with van der Waals surface area (Å²) in [6, 6.07) is 5.86. The van der Waals surface area contributed by atoms with Crippen molar-refractivity contribution in [1.29, 1.82) is 0 Å². The van der Waals surface area contributed by atoms with E-state index in [9.17, 15) is 0 Å². The molecule has 1 aromatic carbocycles. The second-order valence-electron chi connectivity index (χ2n) is 4.03. The molecule has 1 rings (SSSR count). The Morgan fingerprint density at radius 1 is 1.50 bits per heavy atom. The van der Waals surface area contributed by atoms with Crippen LogP contribution < -0.4 is 5.32 Å². The number of thioether (sulfide) groups is 1. The van der Waals surface area contributed by atoms with Crippen LogP contribution in [0.2, 0.25) is 5.02 Å². The van der Waals surface area contributed by atoms with Gasteiger partial charge in [0.15, 0.2) is 0 Å². The molecular formula is C13H20ClNO2S. The lowest BCUT2D eigenvalue weighted by Gasteiger charge is -2.13. The van der Waals surface area contributed by atoms with E-state index in [1.54, 1.807) is 18.9 Å². The number of aliphatic hydroxyl groups excluding tert-OH is 1. The predicted octanol–water partition coefficient (Wildman–Crippen LogP) is 2.55. The van der Waals surface area contributed by atoms with Crippen molar-refractivity contribution in [3.63, 3.8) is 0 Å². The number of halogens is 1. The van der Waals surface area contributed by atoms with Gasteiger partial charge in [0.25, 0.3) is 0 Å². The van der Waals surface area contributed by atoms with E-state index >= 15 is 0 Å². The van der Waals surface area contributed by atoms with Crippen LogP contribution in [0.1, 0.15) is 12.5 Å². The fourth-order valence-electron chi connectivity index (χ4n) is 1.44. The van der Waals surface area contributed by atoms with Crippen LogP contribution in [-0.2, 0) is 11.3 Å². The predicted molar refractivity (Wildman–Crippen MR) is 77.4 cm³/mol. The summed E-state index contributed by atoms with van der Waals surface area (Å²) in [6.07, 6.45) is 0. The summed E-state index contributed by atoms with van der Waals surface area (Å²) in [6.45, 7) is 4.45. The molecule has 102 valence electrons. The van der Waals surface area contributed by atoms with Gasteiger partial charge in [-0.15, -0.1) is 11.8 Å². The quantitative estimate of drug-likeness (QED) is 0.570. The molecule has 18 heavy (non-hydrogen) atoms. The van der Waals surface area contributed by atoms with E-state index < -0.39 is 0 Å². The SMILES string of the molecule is COCCNCc1ccc(Cl)cc1SC(C)CO. The number of hydrogen-bond acceptors (Lipinski definition) is 4. The van der Waals surface area contributed by atoms with Crippen molar-refractivity contribution >= 4 is 23.4 Å². The topological polar surface area (TPSA) is 41.5 Å². The molecule has 0 aliphatic heterocycles. The highest BCUT2D eigenvalue weighted by Crippen LogP contribution is 2.29. The average Bonchev–Trinajstić information content (AvgIpc) is 2.36. The van der Waals surface area contributed by atoms with Gasteiger partial charge in [-0.25, -0.2) is 0 Å². The van der Waals surface area contributed by atoms with Crippen molar-refractivity contribution in [1.82, 2.24) is 5.32 Å². The molecule has 1 atom stereocenters. The highest BCUT2D eigenvalue weighted by Gasteiger charge is 2.08. The maximum Gasteiger partial charge on any atom is 0.0587 e. The van der Waals surface area contributed by atoms with E-state index in [4.69, 9.17) is 21.4 Å². The Morgan fingerprint density at radius 3 is 2.94 bits per heavy atom. The van der Waals surface area contributed by atoms with Crippen molar-refractivity contribution in [3.8, 4) is 0 Å². The lowest BCUT2D eigenvalue weighted by atomic mass is 10.2. The van der Waals surface area contributed by atoms with E-state index in [0.717, 1.165) is 23.0 Å². The van der Waals surface area contributed by atoms with Gasteiger partial charge in [0.1, 0.15) is 0 Å². The van der Waals surface area contributed by atoms with Gasteiger partial charge in [-0.3, -0.25) is 0 Å². The summed E-state index contributed by atoms with van der Waals surface area (Å²) in [4.78, 5) is 1.12. The Kier molecular flexibility index (Phi) is 7.70. The number of nitrogens with one attached hydrogen (secondary N) is 1. The van der Waals surface area contributed by atoms with Gasteiger partial charge in [0.2, 0.25) is 0 Å².